The number of halogens is 1. The summed E-state index contributed by atoms with van der Waals surface area (Å²) in [6.07, 6.45) is 7.16. The van der Waals surface area contributed by atoms with E-state index in [2.05, 4.69) is 20.7 Å². The summed E-state index contributed by atoms with van der Waals surface area (Å²) < 4.78 is 17.3. The Balaban J connectivity index is 1.34. The maximum Gasteiger partial charge on any atom is 0.258 e. The van der Waals surface area contributed by atoms with E-state index in [1.165, 1.54) is 13.2 Å². The molecule has 0 radical (unpaired) electrons. The van der Waals surface area contributed by atoms with Crippen molar-refractivity contribution in [2.45, 2.75) is 38.1 Å². The van der Waals surface area contributed by atoms with Gasteiger partial charge in [-0.05, 0) is 55.5 Å². The van der Waals surface area contributed by atoms with Gasteiger partial charge in [-0.15, -0.1) is 0 Å². The predicted molar refractivity (Wildman–Crippen MR) is 134 cm³/mol. The van der Waals surface area contributed by atoms with Gasteiger partial charge < -0.3 is 5.32 Å². The second-order valence-corrected chi connectivity index (χ2v) is 8.96. The normalized spacial score (nSPS) is 12.9. The molecule has 0 spiro atoms. The van der Waals surface area contributed by atoms with Crippen LogP contribution >= 0.6 is 0 Å². The number of hydrogen-bond acceptors (Lipinski definition) is 4. The number of hydrogen-bond donors (Lipinski definition) is 2. The highest BCUT2D eigenvalue weighted by atomic mass is 19.1. The molecular weight excluding hydrogens is 459 g/mol. The van der Waals surface area contributed by atoms with Gasteiger partial charge in [0.15, 0.2) is 0 Å². The molecule has 0 aliphatic heterocycles. The molecule has 8 nitrogen and oxygen atoms in total. The van der Waals surface area contributed by atoms with Crippen LogP contribution in [-0.2, 0) is 18.3 Å². The van der Waals surface area contributed by atoms with Gasteiger partial charge in [-0.25, -0.2) is 9.67 Å². The highest BCUT2D eigenvalue weighted by molar-refractivity contribution is 6.04. The fraction of sp³-hybridized carbons (Fsp3) is 0.259. The Morgan fingerprint density at radius 1 is 1.11 bits per heavy atom. The van der Waals surface area contributed by atoms with Crippen LogP contribution in [0.25, 0.3) is 16.8 Å². The summed E-state index contributed by atoms with van der Waals surface area (Å²) >= 11 is 0. The molecule has 2 aromatic heterocycles. The molecule has 9 heteroatoms. The molecule has 184 valence electrons. The van der Waals surface area contributed by atoms with E-state index in [0.717, 1.165) is 28.9 Å². The van der Waals surface area contributed by atoms with E-state index in [1.54, 1.807) is 24.3 Å². The monoisotopic (exact) mass is 486 g/mol. The first-order valence-electron chi connectivity index (χ1n) is 12.0. The van der Waals surface area contributed by atoms with Crippen LogP contribution in [0.2, 0.25) is 0 Å². The Hall–Kier alpha value is -4.27. The summed E-state index contributed by atoms with van der Waals surface area (Å²) in [6, 6.07) is 16.7. The van der Waals surface area contributed by atoms with Crippen molar-refractivity contribution in [3.05, 3.63) is 84.2 Å². The van der Waals surface area contributed by atoms with Crippen LogP contribution in [0.1, 0.15) is 41.7 Å². The lowest BCUT2D eigenvalue weighted by molar-refractivity contribution is -0.121. The highest BCUT2D eigenvalue weighted by Crippen LogP contribution is 2.24. The summed E-state index contributed by atoms with van der Waals surface area (Å²) in [5, 5.41) is 9.83. The van der Waals surface area contributed by atoms with Gasteiger partial charge in [-0.3, -0.25) is 19.5 Å². The maximum atomic E-state index is 14.3. The maximum absolute atomic E-state index is 14.3. The molecule has 2 heterocycles. The molecule has 1 aliphatic rings. The lowest BCUT2D eigenvalue weighted by Crippen LogP contribution is -2.25. The molecule has 2 aromatic carbocycles. The molecule has 2 amide bonds. The summed E-state index contributed by atoms with van der Waals surface area (Å²) in [4.78, 5) is 29.8. The molecule has 5 rings (SSSR count). The smallest absolute Gasteiger partial charge is 0.258 e. The largest absolute Gasteiger partial charge is 0.353 e. The zero-order chi connectivity index (χ0) is 25.1. The van der Waals surface area contributed by atoms with Gasteiger partial charge in [0, 0.05) is 37.0 Å². The first-order chi connectivity index (χ1) is 17.5. The van der Waals surface area contributed by atoms with Crippen molar-refractivity contribution in [1.29, 1.82) is 0 Å². The SMILES string of the molecule is Cn1ncc(-c2cccc(C(=O)Nc3nc(CCCC(=O)NC4CC4)cn3-c3ccccc3)c2)c1F. The topological polar surface area (TPSA) is 93.8 Å². The minimum atomic E-state index is -0.470. The van der Waals surface area contributed by atoms with E-state index in [0.29, 0.717) is 47.9 Å². The third kappa shape index (κ3) is 5.35. The summed E-state index contributed by atoms with van der Waals surface area (Å²) in [5.74, 6) is -0.387. The number of rotatable bonds is 9. The molecule has 4 aromatic rings. The number of amides is 2. The van der Waals surface area contributed by atoms with Gasteiger partial charge >= 0.3 is 0 Å². The fourth-order valence-electron chi connectivity index (χ4n) is 4.00. The van der Waals surface area contributed by atoms with E-state index < -0.39 is 5.95 Å². The third-order valence-electron chi connectivity index (χ3n) is 6.10. The number of para-hydroxylation sites is 1. The van der Waals surface area contributed by atoms with E-state index in [4.69, 9.17) is 0 Å². The summed E-state index contributed by atoms with van der Waals surface area (Å²) in [5.41, 5.74) is 2.89. The lowest BCUT2D eigenvalue weighted by Gasteiger charge is -2.09. The lowest BCUT2D eigenvalue weighted by atomic mass is 10.1. The van der Waals surface area contributed by atoms with Crippen LogP contribution in [0.5, 0.6) is 0 Å². The van der Waals surface area contributed by atoms with E-state index in [9.17, 15) is 14.0 Å². The molecule has 0 bridgehead atoms. The van der Waals surface area contributed by atoms with Gasteiger partial charge in [-0.1, -0.05) is 30.3 Å². The van der Waals surface area contributed by atoms with Gasteiger partial charge in [0.25, 0.3) is 5.91 Å². The van der Waals surface area contributed by atoms with Crippen LogP contribution in [0.3, 0.4) is 0 Å². The average molecular weight is 487 g/mol. The molecule has 2 N–H and O–H groups in total. The summed E-state index contributed by atoms with van der Waals surface area (Å²) in [7, 11) is 1.52. The zero-order valence-electron chi connectivity index (χ0n) is 19.9. The standard InChI is InChI=1S/C27H27FN6O2/c1-33-25(28)23(16-29-33)18-7-5-8-19(15-18)26(36)32-27-31-21(9-6-12-24(35)30-20-13-14-20)17-34(27)22-10-3-2-4-11-22/h2-5,7-8,10-11,15-17,20H,6,9,12-14H2,1H3,(H,30,35)(H,31,32,36). The Morgan fingerprint density at radius 3 is 2.64 bits per heavy atom. The van der Waals surface area contributed by atoms with Crippen molar-refractivity contribution in [2.75, 3.05) is 5.32 Å². The van der Waals surface area contributed by atoms with Gasteiger partial charge in [0.05, 0.1) is 17.5 Å². The van der Waals surface area contributed by atoms with E-state index in [1.807, 2.05) is 41.1 Å². The Morgan fingerprint density at radius 2 is 1.92 bits per heavy atom. The molecule has 1 fully saturated rings. The van der Waals surface area contributed by atoms with Crippen molar-refractivity contribution >= 4 is 17.8 Å². The quantitative estimate of drug-likeness (QED) is 0.370. The fourth-order valence-corrected chi connectivity index (χ4v) is 4.00. The number of carbonyl (C=O) groups excluding carboxylic acids is 2. The number of aromatic nitrogens is 4. The number of anilines is 1. The van der Waals surface area contributed by atoms with Crippen LogP contribution in [-0.4, -0.2) is 37.2 Å². The predicted octanol–water partition coefficient (Wildman–Crippen LogP) is 4.27. The minimum absolute atomic E-state index is 0.0680. The Labute approximate surface area is 208 Å². The van der Waals surface area contributed by atoms with E-state index in [-0.39, 0.29) is 11.8 Å². The second kappa shape index (κ2) is 10.2. The molecule has 0 unspecified atom stereocenters. The van der Waals surface area contributed by atoms with Gasteiger partial charge in [0.2, 0.25) is 17.8 Å². The molecule has 0 saturated heterocycles. The number of aryl methyl sites for hydroxylation is 2. The van der Waals surface area contributed by atoms with Crippen LogP contribution in [0.4, 0.5) is 10.3 Å². The number of imidazole rings is 1. The first-order valence-corrected chi connectivity index (χ1v) is 12.0. The van der Waals surface area contributed by atoms with Crippen molar-refractivity contribution in [1.82, 2.24) is 24.6 Å². The highest BCUT2D eigenvalue weighted by Gasteiger charge is 2.23. The Bertz CT molecular complexity index is 1390. The third-order valence-corrected chi connectivity index (χ3v) is 6.10. The number of benzene rings is 2. The molecule has 0 atom stereocenters. The van der Waals surface area contributed by atoms with Crippen LogP contribution < -0.4 is 10.6 Å². The van der Waals surface area contributed by atoms with Crippen molar-refractivity contribution in [2.24, 2.45) is 7.05 Å². The van der Waals surface area contributed by atoms with Crippen molar-refractivity contribution < 1.29 is 14.0 Å². The van der Waals surface area contributed by atoms with Crippen molar-refractivity contribution in [3.63, 3.8) is 0 Å². The minimum Gasteiger partial charge on any atom is -0.353 e. The van der Waals surface area contributed by atoms with Crippen LogP contribution in [0.15, 0.2) is 67.0 Å². The number of nitrogens with one attached hydrogen (secondary N) is 2. The first kappa shape index (κ1) is 23.5. The van der Waals surface area contributed by atoms with Gasteiger partial charge in [0.1, 0.15) is 0 Å². The second-order valence-electron chi connectivity index (χ2n) is 8.96. The molecule has 1 saturated carbocycles. The number of nitrogens with zero attached hydrogens (tertiary/aromatic N) is 4. The average Bonchev–Trinajstić information content (AvgIpc) is 3.52. The summed E-state index contributed by atoms with van der Waals surface area (Å²) in [6.45, 7) is 0. The Kier molecular flexibility index (Phi) is 6.62. The van der Waals surface area contributed by atoms with Crippen molar-refractivity contribution in [3.8, 4) is 16.8 Å². The molecule has 36 heavy (non-hydrogen) atoms. The molecule has 1 aliphatic carbocycles. The zero-order valence-corrected chi connectivity index (χ0v) is 19.9. The van der Waals surface area contributed by atoms with E-state index >= 15 is 0 Å². The number of carbonyl (C=O) groups is 2. The van der Waals surface area contributed by atoms with Gasteiger partial charge in [-0.2, -0.15) is 9.49 Å². The van der Waals surface area contributed by atoms with Crippen LogP contribution in [0, 0.1) is 5.95 Å². The molecular formula is C27H27FN6O2.